The van der Waals surface area contributed by atoms with Crippen LogP contribution in [-0.2, 0) is 29.5 Å². The van der Waals surface area contributed by atoms with Crippen LogP contribution in [0.5, 0.6) is 0 Å². The maximum Gasteiger partial charge on any atom is 0.412 e. The number of carbonyl (C=O) groups excluding carboxylic acids is 2. The highest BCUT2D eigenvalue weighted by Crippen LogP contribution is 2.48. The second-order valence-electron chi connectivity index (χ2n) is 7.11. The van der Waals surface area contributed by atoms with Gasteiger partial charge in [0.2, 0.25) is 0 Å². The van der Waals surface area contributed by atoms with E-state index in [1.165, 1.54) is 24.3 Å². The molecule has 1 N–H and O–H groups in total. The van der Waals surface area contributed by atoms with E-state index in [1.54, 1.807) is 31.2 Å². The number of hydrogen-bond acceptors (Lipinski definition) is 7. The molecule has 1 aromatic heterocycles. The highest BCUT2D eigenvalue weighted by atomic mass is 32.1. The molecule has 7 nitrogen and oxygen atoms in total. The summed E-state index contributed by atoms with van der Waals surface area (Å²) in [5, 5.41) is 3.02. The van der Waals surface area contributed by atoms with E-state index in [0.29, 0.717) is 22.2 Å². The third kappa shape index (κ3) is 9.17. The molecule has 2 aromatic rings. The summed E-state index contributed by atoms with van der Waals surface area (Å²) in [7, 11) is -4.16. The molecule has 2 unspecified atom stereocenters. The van der Waals surface area contributed by atoms with E-state index < -0.39 is 44.4 Å². The maximum absolute atomic E-state index is 13.3. The number of esters is 2. The average molecular weight is 527 g/mol. The van der Waals surface area contributed by atoms with Gasteiger partial charge in [0, 0.05) is 4.70 Å². The molecule has 0 saturated carbocycles. The molecule has 0 aliphatic heterocycles. The first-order valence-corrected chi connectivity index (χ1v) is 12.6. The fourth-order valence-electron chi connectivity index (χ4n) is 2.72. The normalized spacial score (nSPS) is 14.0. The molecule has 0 saturated heterocycles. The quantitative estimate of drug-likeness (QED) is 0.166. The maximum atomic E-state index is 13.3. The monoisotopic (exact) mass is 527 g/mol. The zero-order chi connectivity index (χ0) is 24.6. The summed E-state index contributed by atoms with van der Waals surface area (Å²) < 4.78 is 67.0. The van der Waals surface area contributed by atoms with Gasteiger partial charge in [0.1, 0.15) is 17.5 Å². The standard InChI is InChI=1S/C21H25F3NO6PS.FH/c1-4-8-29-19(26)14(3)25-32(28,31-13-21(22,23)24)12-15-6-7-17-16(10-15)11-18(33-17)20(27)30-9-5-2;/h5-7,10-11,14H,2,4,8-9,12-13H2,1,3H3,(H,25,28);1H. The molecular formula is C21H26F4NO6PS. The highest BCUT2D eigenvalue weighted by molar-refractivity contribution is 7.56. The van der Waals surface area contributed by atoms with Crippen molar-refractivity contribution in [2.24, 2.45) is 0 Å². The van der Waals surface area contributed by atoms with E-state index in [1.807, 2.05) is 0 Å². The Kier molecular flexibility index (Phi) is 11.4. The van der Waals surface area contributed by atoms with Gasteiger partial charge in [0.25, 0.3) is 7.52 Å². The molecule has 0 bridgehead atoms. The van der Waals surface area contributed by atoms with E-state index in [-0.39, 0.29) is 17.9 Å². The largest absolute Gasteiger partial charge is 0.465 e. The van der Waals surface area contributed by atoms with Gasteiger partial charge >= 0.3 is 18.1 Å². The Hall–Kier alpha value is -2.27. The minimum absolute atomic E-state index is 0. The molecule has 190 valence electrons. The minimum atomic E-state index is -4.71. The number of thiophene rings is 1. The molecular weight excluding hydrogens is 501 g/mol. The molecule has 0 fully saturated rings. The number of hydrogen-bond donors (Lipinski definition) is 1. The van der Waals surface area contributed by atoms with Crippen molar-refractivity contribution >= 4 is 40.9 Å². The second-order valence-corrected chi connectivity index (χ2v) is 10.4. The van der Waals surface area contributed by atoms with E-state index in [2.05, 4.69) is 11.7 Å². The van der Waals surface area contributed by atoms with Crippen LogP contribution in [0.1, 0.15) is 35.5 Å². The molecule has 2 atom stereocenters. The lowest BCUT2D eigenvalue weighted by Crippen LogP contribution is -2.35. The topological polar surface area (TPSA) is 90.9 Å². The van der Waals surface area contributed by atoms with Crippen LogP contribution in [-0.4, -0.2) is 44.0 Å². The third-order valence-corrected chi connectivity index (χ3v) is 7.34. The predicted molar refractivity (Wildman–Crippen MR) is 122 cm³/mol. The van der Waals surface area contributed by atoms with Crippen molar-refractivity contribution in [1.29, 1.82) is 0 Å². The molecule has 0 spiro atoms. The van der Waals surface area contributed by atoms with Gasteiger partial charge in [-0.05, 0) is 42.5 Å². The molecule has 2 rings (SSSR count). The van der Waals surface area contributed by atoms with Crippen molar-refractivity contribution in [1.82, 2.24) is 5.09 Å². The van der Waals surface area contributed by atoms with Gasteiger partial charge in [-0.2, -0.15) is 13.2 Å². The van der Waals surface area contributed by atoms with Crippen molar-refractivity contribution in [3.63, 3.8) is 0 Å². The summed E-state index contributed by atoms with van der Waals surface area (Å²) in [6.07, 6.45) is -3.11. The van der Waals surface area contributed by atoms with Crippen LogP contribution in [0.25, 0.3) is 10.1 Å². The van der Waals surface area contributed by atoms with E-state index in [4.69, 9.17) is 14.0 Å². The molecule has 13 heteroatoms. The van der Waals surface area contributed by atoms with Crippen LogP contribution in [0.2, 0.25) is 0 Å². The van der Waals surface area contributed by atoms with Gasteiger partial charge in [-0.15, -0.1) is 11.3 Å². The van der Waals surface area contributed by atoms with Crippen LogP contribution in [0.3, 0.4) is 0 Å². The van der Waals surface area contributed by atoms with Crippen LogP contribution in [0.15, 0.2) is 36.9 Å². The summed E-state index contributed by atoms with van der Waals surface area (Å²) >= 11 is 1.18. The number of ether oxygens (including phenoxy) is 2. The number of nitrogens with one attached hydrogen (secondary N) is 1. The first-order chi connectivity index (χ1) is 15.5. The molecule has 0 amide bonds. The Morgan fingerprint density at radius 1 is 1.26 bits per heavy atom. The van der Waals surface area contributed by atoms with Gasteiger partial charge in [-0.3, -0.25) is 14.1 Å². The van der Waals surface area contributed by atoms with Crippen LogP contribution in [0, 0.1) is 0 Å². The van der Waals surface area contributed by atoms with Gasteiger partial charge in [0.05, 0.1) is 12.8 Å². The van der Waals surface area contributed by atoms with Gasteiger partial charge in [-0.1, -0.05) is 25.6 Å². The molecule has 1 heterocycles. The Morgan fingerprint density at radius 3 is 2.59 bits per heavy atom. The summed E-state index contributed by atoms with van der Waals surface area (Å²) in [5.74, 6) is -1.28. The van der Waals surface area contributed by atoms with Crippen molar-refractivity contribution in [2.75, 3.05) is 19.8 Å². The van der Waals surface area contributed by atoms with Crippen LogP contribution in [0.4, 0.5) is 17.9 Å². The van der Waals surface area contributed by atoms with Crippen molar-refractivity contribution in [3.8, 4) is 0 Å². The van der Waals surface area contributed by atoms with E-state index >= 15 is 0 Å². The third-order valence-electron chi connectivity index (χ3n) is 4.13. The second kappa shape index (κ2) is 13.0. The summed E-state index contributed by atoms with van der Waals surface area (Å²) in [5.41, 5.74) is 0.401. The lowest BCUT2D eigenvalue weighted by atomic mass is 10.2. The Balaban J connectivity index is 0.00000578. The lowest BCUT2D eigenvalue weighted by molar-refractivity contribution is -0.153. The van der Waals surface area contributed by atoms with Crippen molar-refractivity contribution in [3.05, 3.63) is 47.4 Å². The number of alkyl halides is 3. The smallest absolute Gasteiger partial charge is 0.412 e. The number of fused-ring (bicyclic) bond motifs is 1. The van der Waals surface area contributed by atoms with Crippen molar-refractivity contribution in [2.45, 2.75) is 38.6 Å². The molecule has 1 aromatic carbocycles. The zero-order valence-corrected chi connectivity index (χ0v) is 20.3. The minimum Gasteiger partial charge on any atom is -0.465 e. The van der Waals surface area contributed by atoms with E-state index in [0.717, 1.165) is 4.70 Å². The number of carbonyl (C=O) groups is 2. The van der Waals surface area contributed by atoms with Gasteiger partial charge < -0.3 is 14.0 Å². The van der Waals surface area contributed by atoms with E-state index in [9.17, 15) is 27.3 Å². The molecule has 0 radical (unpaired) electrons. The first kappa shape index (κ1) is 29.8. The molecule has 0 aliphatic carbocycles. The number of halogens is 4. The number of rotatable bonds is 12. The first-order valence-electron chi connectivity index (χ1n) is 10.0. The predicted octanol–water partition coefficient (Wildman–Crippen LogP) is 5.60. The van der Waals surface area contributed by atoms with Gasteiger partial charge in [0.15, 0.2) is 6.61 Å². The fraction of sp³-hybridized carbons (Fsp3) is 0.429. The lowest BCUT2D eigenvalue weighted by Gasteiger charge is -2.23. The highest BCUT2D eigenvalue weighted by Gasteiger charge is 2.36. The fourth-order valence-corrected chi connectivity index (χ4v) is 5.64. The summed E-state index contributed by atoms with van der Waals surface area (Å²) in [4.78, 5) is 24.4. The Labute approximate surface area is 198 Å². The van der Waals surface area contributed by atoms with Gasteiger partial charge in [-0.25, -0.2) is 9.88 Å². The zero-order valence-electron chi connectivity index (χ0n) is 18.6. The molecule has 0 aliphatic rings. The van der Waals surface area contributed by atoms with Crippen LogP contribution < -0.4 is 5.09 Å². The average Bonchev–Trinajstić information content (AvgIpc) is 3.17. The Morgan fingerprint density at radius 2 is 1.97 bits per heavy atom. The summed E-state index contributed by atoms with van der Waals surface area (Å²) in [6, 6.07) is 5.26. The Bertz CT molecular complexity index is 1040. The SMILES string of the molecule is C=CCOC(=O)c1cc2cc(CP(=O)(NC(C)C(=O)OCCC)OCC(F)(F)F)ccc2s1.F. The molecule has 34 heavy (non-hydrogen) atoms. The van der Waals surface area contributed by atoms with Crippen molar-refractivity contribution < 1.29 is 46.0 Å². The van der Waals surface area contributed by atoms with Crippen LogP contribution >= 0.6 is 18.9 Å². The summed E-state index contributed by atoms with van der Waals surface area (Å²) in [6.45, 7) is 5.04. The number of benzene rings is 1.